The summed E-state index contributed by atoms with van der Waals surface area (Å²) in [7, 11) is 0. The minimum atomic E-state index is -0.755. The molecule has 1 unspecified atom stereocenters. The molecule has 4 heteroatoms. The topological polar surface area (TPSA) is 49.8 Å². The zero-order valence-electron chi connectivity index (χ0n) is 10.6. The Morgan fingerprint density at radius 1 is 1.35 bits per heavy atom. The molecule has 0 aromatic carbocycles. The first-order valence-electron chi connectivity index (χ1n) is 6.72. The van der Waals surface area contributed by atoms with E-state index in [2.05, 4.69) is 11.8 Å². The Kier molecular flexibility index (Phi) is 4.40. The lowest BCUT2D eigenvalue weighted by atomic mass is 9.86. The summed E-state index contributed by atoms with van der Waals surface area (Å²) in [6.07, 6.45) is 5.18. The van der Waals surface area contributed by atoms with Crippen molar-refractivity contribution < 1.29 is 14.6 Å². The molecule has 0 radical (unpaired) electrons. The Bertz CT molecular complexity index is 261. The highest BCUT2D eigenvalue weighted by Gasteiger charge is 2.29. The molecule has 1 saturated carbocycles. The highest BCUT2D eigenvalue weighted by molar-refractivity contribution is 5.67. The van der Waals surface area contributed by atoms with Crippen LogP contribution in [0.3, 0.4) is 0 Å². The van der Waals surface area contributed by atoms with E-state index in [1.807, 2.05) is 0 Å². The van der Waals surface area contributed by atoms with Crippen molar-refractivity contribution in [2.75, 3.05) is 19.7 Å². The zero-order chi connectivity index (χ0) is 12.3. The number of hydrogen-bond donors (Lipinski definition) is 1. The van der Waals surface area contributed by atoms with Gasteiger partial charge in [0, 0.05) is 19.1 Å². The number of morpholine rings is 1. The van der Waals surface area contributed by atoms with Crippen LogP contribution >= 0.6 is 0 Å². The predicted molar refractivity (Wildman–Crippen MR) is 65.0 cm³/mol. The van der Waals surface area contributed by atoms with Crippen molar-refractivity contribution in [2.24, 2.45) is 5.92 Å². The van der Waals surface area contributed by atoms with Crippen molar-refractivity contribution in [3.63, 3.8) is 0 Å². The zero-order valence-corrected chi connectivity index (χ0v) is 10.6. The summed E-state index contributed by atoms with van der Waals surface area (Å²) in [6, 6.07) is 0.659. The molecule has 0 aromatic heterocycles. The molecule has 2 fully saturated rings. The number of hydrogen-bond acceptors (Lipinski definition) is 3. The standard InChI is InChI=1S/C13H23NO3/c1-10-2-4-11(5-3-10)14-6-7-17-12(9-14)8-13(15)16/h10-12H,2-9H2,1H3,(H,15,16). The van der Waals surface area contributed by atoms with Crippen molar-refractivity contribution >= 4 is 5.97 Å². The highest BCUT2D eigenvalue weighted by Crippen LogP contribution is 2.28. The summed E-state index contributed by atoms with van der Waals surface area (Å²) in [5, 5.41) is 8.80. The second kappa shape index (κ2) is 5.83. The van der Waals surface area contributed by atoms with Gasteiger partial charge in [0.2, 0.25) is 0 Å². The molecule has 0 aromatic rings. The van der Waals surface area contributed by atoms with Crippen LogP contribution in [0.25, 0.3) is 0 Å². The van der Waals surface area contributed by atoms with Gasteiger partial charge in [-0.3, -0.25) is 9.69 Å². The normalized spacial score (nSPS) is 35.7. The average Bonchev–Trinajstić information content (AvgIpc) is 2.29. The molecule has 1 atom stereocenters. The molecule has 0 spiro atoms. The first-order chi connectivity index (χ1) is 8.15. The Hall–Kier alpha value is -0.610. The van der Waals surface area contributed by atoms with Gasteiger partial charge in [-0.05, 0) is 31.6 Å². The van der Waals surface area contributed by atoms with Gasteiger partial charge >= 0.3 is 5.97 Å². The second-order valence-corrected chi connectivity index (χ2v) is 5.50. The second-order valence-electron chi connectivity index (χ2n) is 5.50. The Morgan fingerprint density at radius 3 is 2.71 bits per heavy atom. The van der Waals surface area contributed by atoms with Gasteiger partial charge in [-0.25, -0.2) is 0 Å². The van der Waals surface area contributed by atoms with Gasteiger partial charge in [0.05, 0.1) is 19.1 Å². The van der Waals surface area contributed by atoms with Crippen LogP contribution < -0.4 is 0 Å². The molecule has 1 heterocycles. The number of carboxylic acid groups (broad SMARTS) is 1. The minimum Gasteiger partial charge on any atom is -0.481 e. The van der Waals surface area contributed by atoms with Gasteiger partial charge < -0.3 is 9.84 Å². The fourth-order valence-corrected chi connectivity index (χ4v) is 3.00. The molecule has 1 N–H and O–H groups in total. The summed E-state index contributed by atoms with van der Waals surface area (Å²) in [6.45, 7) is 4.77. The highest BCUT2D eigenvalue weighted by atomic mass is 16.5. The third-order valence-corrected chi connectivity index (χ3v) is 4.07. The van der Waals surface area contributed by atoms with Crippen LogP contribution in [0, 0.1) is 5.92 Å². The number of rotatable bonds is 3. The summed E-state index contributed by atoms with van der Waals surface area (Å²) in [5.74, 6) is 0.108. The van der Waals surface area contributed by atoms with E-state index in [4.69, 9.17) is 9.84 Å². The molecule has 1 aliphatic carbocycles. The van der Waals surface area contributed by atoms with Crippen molar-refractivity contribution in [1.82, 2.24) is 4.90 Å². The number of carbonyl (C=O) groups is 1. The third kappa shape index (κ3) is 3.68. The Labute approximate surface area is 103 Å². The molecule has 1 aliphatic heterocycles. The molecule has 17 heavy (non-hydrogen) atoms. The van der Waals surface area contributed by atoms with Gasteiger partial charge in [0.15, 0.2) is 0 Å². The maximum absolute atomic E-state index is 10.7. The van der Waals surface area contributed by atoms with Crippen LogP contribution in [-0.2, 0) is 9.53 Å². The number of nitrogens with zero attached hydrogens (tertiary/aromatic N) is 1. The van der Waals surface area contributed by atoms with E-state index in [0.29, 0.717) is 12.6 Å². The molecule has 98 valence electrons. The first kappa shape index (κ1) is 12.8. The largest absolute Gasteiger partial charge is 0.481 e. The van der Waals surface area contributed by atoms with Gasteiger partial charge in [-0.15, -0.1) is 0 Å². The van der Waals surface area contributed by atoms with Crippen LogP contribution in [0.15, 0.2) is 0 Å². The molecule has 1 saturated heterocycles. The van der Waals surface area contributed by atoms with Gasteiger partial charge in [-0.2, -0.15) is 0 Å². The number of aliphatic carboxylic acids is 1. The van der Waals surface area contributed by atoms with E-state index in [9.17, 15) is 4.79 Å². The van der Waals surface area contributed by atoms with Gasteiger partial charge in [0.25, 0.3) is 0 Å². The van der Waals surface area contributed by atoms with E-state index in [-0.39, 0.29) is 12.5 Å². The molecule has 0 bridgehead atoms. The number of ether oxygens (including phenoxy) is 1. The summed E-state index contributed by atoms with van der Waals surface area (Å²) in [5.41, 5.74) is 0. The fraction of sp³-hybridized carbons (Fsp3) is 0.923. The van der Waals surface area contributed by atoms with Crippen molar-refractivity contribution in [3.8, 4) is 0 Å². The average molecular weight is 241 g/mol. The minimum absolute atomic E-state index is 0.111. The van der Waals surface area contributed by atoms with Crippen molar-refractivity contribution in [1.29, 1.82) is 0 Å². The molecule has 2 rings (SSSR count). The van der Waals surface area contributed by atoms with Gasteiger partial charge in [0.1, 0.15) is 0 Å². The predicted octanol–water partition coefficient (Wildman–Crippen LogP) is 1.74. The van der Waals surface area contributed by atoms with E-state index in [0.717, 1.165) is 19.0 Å². The summed E-state index contributed by atoms with van der Waals surface area (Å²) < 4.78 is 5.51. The smallest absolute Gasteiger partial charge is 0.306 e. The summed E-state index contributed by atoms with van der Waals surface area (Å²) >= 11 is 0. The van der Waals surface area contributed by atoms with Gasteiger partial charge in [-0.1, -0.05) is 6.92 Å². The van der Waals surface area contributed by atoms with Crippen LogP contribution in [0.4, 0.5) is 0 Å². The quantitative estimate of drug-likeness (QED) is 0.817. The van der Waals surface area contributed by atoms with E-state index >= 15 is 0 Å². The summed E-state index contributed by atoms with van der Waals surface area (Å²) in [4.78, 5) is 13.1. The van der Waals surface area contributed by atoms with Crippen molar-refractivity contribution in [3.05, 3.63) is 0 Å². The van der Waals surface area contributed by atoms with E-state index in [1.165, 1.54) is 25.7 Å². The lowest BCUT2D eigenvalue weighted by Gasteiger charge is -2.40. The Balaban J connectivity index is 1.82. The maximum atomic E-state index is 10.7. The van der Waals surface area contributed by atoms with E-state index < -0.39 is 5.97 Å². The molecular weight excluding hydrogens is 218 g/mol. The van der Waals surface area contributed by atoms with Crippen LogP contribution in [-0.4, -0.2) is 47.8 Å². The first-order valence-corrected chi connectivity index (χ1v) is 6.72. The Morgan fingerprint density at radius 2 is 2.06 bits per heavy atom. The molecular formula is C13H23NO3. The maximum Gasteiger partial charge on any atom is 0.306 e. The lowest BCUT2D eigenvalue weighted by molar-refractivity contribution is -0.142. The SMILES string of the molecule is CC1CCC(N2CCOC(CC(=O)O)C2)CC1. The molecule has 2 aliphatic rings. The van der Waals surface area contributed by atoms with Crippen molar-refractivity contribution in [2.45, 2.75) is 51.2 Å². The fourth-order valence-electron chi connectivity index (χ4n) is 3.00. The number of carboxylic acids is 1. The molecule has 4 nitrogen and oxygen atoms in total. The van der Waals surface area contributed by atoms with Crippen LogP contribution in [0.1, 0.15) is 39.0 Å². The van der Waals surface area contributed by atoms with E-state index in [1.54, 1.807) is 0 Å². The van der Waals surface area contributed by atoms with Crippen LogP contribution in [0.5, 0.6) is 0 Å². The van der Waals surface area contributed by atoms with Crippen LogP contribution in [0.2, 0.25) is 0 Å². The third-order valence-electron chi connectivity index (χ3n) is 4.07. The molecule has 0 amide bonds. The lowest BCUT2D eigenvalue weighted by Crippen LogP contribution is -2.49. The monoisotopic (exact) mass is 241 g/mol.